The Kier molecular flexibility index (Phi) is 5.23. The highest BCUT2D eigenvalue weighted by Crippen LogP contribution is 2.52. The number of hydrogen-bond donors (Lipinski definition) is 1. The van der Waals surface area contributed by atoms with Crippen LogP contribution in [0.25, 0.3) is 0 Å². The van der Waals surface area contributed by atoms with Gasteiger partial charge in [0.25, 0.3) is 5.91 Å². The third-order valence-corrected chi connectivity index (χ3v) is 7.72. The van der Waals surface area contributed by atoms with Crippen LogP contribution in [0.2, 0.25) is 0 Å². The lowest BCUT2D eigenvalue weighted by molar-refractivity contribution is -0.120. The van der Waals surface area contributed by atoms with Crippen molar-refractivity contribution in [1.29, 1.82) is 0 Å². The van der Waals surface area contributed by atoms with Crippen LogP contribution >= 0.6 is 11.8 Å². The molecule has 2 aliphatic heterocycles. The van der Waals surface area contributed by atoms with E-state index < -0.39 is 10.8 Å². The van der Waals surface area contributed by atoms with E-state index in [4.69, 9.17) is 5.10 Å². The number of benzene rings is 4. The third kappa shape index (κ3) is 3.37. The van der Waals surface area contributed by atoms with Crippen LogP contribution in [0.4, 0.5) is 11.4 Å². The fourth-order valence-electron chi connectivity index (χ4n) is 4.77. The number of amides is 1. The summed E-state index contributed by atoms with van der Waals surface area (Å²) in [6.45, 7) is 0. The summed E-state index contributed by atoms with van der Waals surface area (Å²) in [4.78, 5) is 28.2. The summed E-state index contributed by atoms with van der Waals surface area (Å²) in [7, 11) is 0. The van der Waals surface area contributed by atoms with Crippen LogP contribution in [0.15, 0.2) is 120 Å². The molecule has 4 aromatic carbocycles. The minimum Gasteiger partial charge on any atom is -0.323 e. The highest BCUT2D eigenvalue weighted by atomic mass is 32.2. The number of thioether (sulfide) groups is 1. The zero-order valence-electron chi connectivity index (χ0n) is 18.7. The van der Waals surface area contributed by atoms with E-state index in [9.17, 15) is 9.59 Å². The molecule has 2 unspecified atom stereocenters. The van der Waals surface area contributed by atoms with Crippen LogP contribution in [-0.4, -0.2) is 22.0 Å². The molecule has 2 atom stereocenters. The molecule has 0 aliphatic carbocycles. The van der Waals surface area contributed by atoms with Crippen molar-refractivity contribution < 1.29 is 9.59 Å². The first kappa shape index (κ1) is 21.4. The average molecular weight is 476 g/mol. The quantitative estimate of drug-likeness (QED) is 0.385. The maximum Gasteiger partial charge on any atom is 0.258 e. The molecule has 6 rings (SSSR count). The summed E-state index contributed by atoms with van der Waals surface area (Å²) in [6.07, 6.45) is 0. The van der Waals surface area contributed by atoms with E-state index in [1.807, 2.05) is 103 Å². The second kappa shape index (κ2) is 8.56. The number of nitrogens with zero attached hydrogens (tertiary/aromatic N) is 2. The number of hydrazone groups is 1. The summed E-state index contributed by atoms with van der Waals surface area (Å²) < 4.78 is 0. The number of para-hydroxylation sites is 2. The van der Waals surface area contributed by atoms with Gasteiger partial charge >= 0.3 is 0 Å². The molecule has 1 spiro atoms. The molecule has 0 bridgehead atoms. The predicted molar refractivity (Wildman–Crippen MR) is 141 cm³/mol. The normalized spacial score (nSPS) is 20.8. The first-order chi connectivity index (χ1) is 17.2. The van der Waals surface area contributed by atoms with Gasteiger partial charge in [-0.05, 0) is 18.2 Å². The van der Waals surface area contributed by atoms with E-state index in [-0.39, 0.29) is 11.7 Å². The number of fused-ring (bicyclic) bond motifs is 2. The van der Waals surface area contributed by atoms with E-state index in [1.54, 1.807) is 17.1 Å². The minimum absolute atomic E-state index is 0.119. The Hall–Kier alpha value is -4.16. The van der Waals surface area contributed by atoms with Gasteiger partial charge in [-0.2, -0.15) is 5.10 Å². The first-order valence-electron chi connectivity index (χ1n) is 11.4. The molecule has 0 saturated carbocycles. The number of Topliss-reactive ketones (excluding diaryl/α,β-unsaturated/α-hetero) is 1. The van der Waals surface area contributed by atoms with Gasteiger partial charge in [-0.3, -0.25) is 9.59 Å². The van der Waals surface area contributed by atoms with Gasteiger partial charge in [0.15, 0.2) is 11.3 Å². The fraction of sp³-hybridized carbons (Fsp3) is 0.0690. The summed E-state index contributed by atoms with van der Waals surface area (Å²) >= 11 is 1.35. The van der Waals surface area contributed by atoms with Crippen molar-refractivity contribution in [2.75, 3.05) is 10.3 Å². The summed E-state index contributed by atoms with van der Waals surface area (Å²) in [6, 6.07) is 36.1. The van der Waals surface area contributed by atoms with Gasteiger partial charge in [0.2, 0.25) is 0 Å². The van der Waals surface area contributed by atoms with Gasteiger partial charge in [-0.25, -0.2) is 5.01 Å². The Morgan fingerprint density at radius 2 is 1.40 bits per heavy atom. The summed E-state index contributed by atoms with van der Waals surface area (Å²) in [5.41, 5.74) is 2.27. The molecule has 1 N–H and O–H groups in total. The number of nitrogens with one attached hydrogen (secondary N) is 1. The van der Waals surface area contributed by atoms with Crippen LogP contribution in [0.5, 0.6) is 0 Å². The van der Waals surface area contributed by atoms with Crippen LogP contribution in [0.3, 0.4) is 0 Å². The van der Waals surface area contributed by atoms with E-state index in [0.29, 0.717) is 16.3 Å². The lowest BCUT2D eigenvalue weighted by atomic mass is 9.82. The second-order valence-electron chi connectivity index (χ2n) is 8.41. The fourth-order valence-corrected chi connectivity index (χ4v) is 6.14. The zero-order valence-corrected chi connectivity index (χ0v) is 19.5. The molecule has 0 radical (unpaired) electrons. The van der Waals surface area contributed by atoms with E-state index in [1.165, 1.54) is 11.8 Å². The van der Waals surface area contributed by atoms with Crippen molar-refractivity contribution in [3.8, 4) is 0 Å². The van der Waals surface area contributed by atoms with E-state index in [2.05, 4.69) is 5.32 Å². The van der Waals surface area contributed by atoms with Crippen LogP contribution < -0.4 is 10.3 Å². The van der Waals surface area contributed by atoms with Crippen LogP contribution in [0, 0.1) is 0 Å². The molecule has 170 valence electrons. The molecule has 2 aliphatic rings. The van der Waals surface area contributed by atoms with Gasteiger partial charge < -0.3 is 5.32 Å². The van der Waals surface area contributed by atoms with Crippen LogP contribution in [-0.2, 0) is 10.3 Å². The Balaban J connectivity index is 1.64. The molecule has 0 saturated heterocycles. The number of rotatable bonds is 4. The van der Waals surface area contributed by atoms with Crippen molar-refractivity contribution in [1.82, 2.24) is 0 Å². The zero-order chi connectivity index (χ0) is 23.8. The van der Waals surface area contributed by atoms with Gasteiger partial charge in [0.1, 0.15) is 10.3 Å². The molecule has 0 aromatic heterocycles. The van der Waals surface area contributed by atoms with Crippen molar-refractivity contribution in [3.05, 3.63) is 132 Å². The number of anilines is 2. The van der Waals surface area contributed by atoms with E-state index in [0.717, 1.165) is 16.8 Å². The monoisotopic (exact) mass is 475 g/mol. The van der Waals surface area contributed by atoms with Gasteiger partial charge in [0.05, 0.1) is 5.69 Å². The van der Waals surface area contributed by atoms with Crippen molar-refractivity contribution in [2.24, 2.45) is 5.10 Å². The van der Waals surface area contributed by atoms with Crippen LogP contribution in [0.1, 0.15) is 21.5 Å². The standard InChI is InChI=1S/C29H21N3O2S/c33-25(20-12-4-1-5-13-20)26-29(23-18-10-11-19-24(23)30-28(29)34)32(22-16-8-3-9-17-22)31-27(35-26)21-14-6-2-7-15-21/h1-19,26H,(H,30,34). The van der Waals surface area contributed by atoms with Gasteiger partial charge in [-0.1, -0.05) is 109 Å². The average Bonchev–Trinajstić information content (AvgIpc) is 3.22. The first-order valence-corrected chi connectivity index (χ1v) is 12.2. The maximum absolute atomic E-state index is 14.2. The lowest BCUT2D eigenvalue weighted by Gasteiger charge is -2.45. The molecule has 5 nitrogen and oxygen atoms in total. The SMILES string of the molecule is O=C(c1ccccc1)C1SC(c2ccccc2)=NN(c2ccccc2)C12C(=O)Nc1ccccc12. The van der Waals surface area contributed by atoms with Crippen molar-refractivity contribution in [3.63, 3.8) is 0 Å². The highest BCUT2D eigenvalue weighted by molar-refractivity contribution is 8.15. The summed E-state index contributed by atoms with van der Waals surface area (Å²) in [5, 5.41) is 9.72. The van der Waals surface area contributed by atoms with E-state index >= 15 is 0 Å². The molecule has 6 heteroatoms. The third-order valence-electron chi connectivity index (χ3n) is 6.38. The van der Waals surface area contributed by atoms with Gasteiger partial charge in [0, 0.05) is 22.4 Å². The Morgan fingerprint density at radius 3 is 2.11 bits per heavy atom. The topological polar surface area (TPSA) is 61.8 Å². The Morgan fingerprint density at radius 1 is 0.800 bits per heavy atom. The number of ketones is 1. The second-order valence-corrected chi connectivity index (χ2v) is 9.51. The molecule has 35 heavy (non-hydrogen) atoms. The molecular weight excluding hydrogens is 454 g/mol. The molecule has 1 amide bonds. The number of carbonyl (C=O) groups is 2. The smallest absolute Gasteiger partial charge is 0.258 e. The summed E-state index contributed by atoms with van der Waals surface area (Å²) in [5.74, 6) is -0.382. The molecule has 0 fully saturated rings. The van der Waals surface area contributed by atoms with Crippen molar-refractivity contribution >= 4 is 39.9 Å². The van der Waals surface area contributed by atoms with Gasteiger partial charge in [-0.15, -0.1) is 0 Å². The maximum atomic E-state index is 14.2. The van der Waals surface area contributed by atoms with Crippen molar-refractivity contribution in [2.45, 2.75) is 10.8 Å². The molecule has 2 heterocycles. The Bertz CT molecular complexity index is 1440. The minimum atomic E-state index is -1.35. The highest BCUT2D eigenvalue weighted by Gasteiger charge is 2.62. The number of carbonyl (C=O) groups excluding carboxylic acids is 2. The number of hydrogen-bond acceptors (Lipinski definition) is 5. The lowest BCUT2D eigenvalue weighted by Crippen LogP contribution is -2.60. The predicted octanol–water partition coefficient (Wildman–Crippen LogP) is 5.70. The molecular formula is C29H21N3O2S. The largest absolute Gasteiger partial charge is 0.323 e. The Labute approximate surface area is 207 Å². The molecule has 4 aromatic rings.